The molecule has 0 amide bonds. The van der Waals surface area contributed by atoms with Gasteiger partial charge < -0.3 is 13.6 Å². The Bertz CT molecular complexity index is 3480. The highest BCUT2D eigenvalue weighted by Gasteiger charge is 2.51. The van der Waals surface area contributed by atoms with E-state index in [-0.39, 0.29) is 0 Å². The number of rotatable bonds is 3. The molecule has 8 aromatic carbocycles. The molecule has 2 aliphatic rings. The van der Waals surface area contributed by atoms with Crippen molar-refractivity contribution in [1.82, 2.24) is 15.0 Å². The van der Waals surface area contributed by atoms with Crippen molar-refractivity contribution in [3.05, 3.63) is 198 Å². The fourth-order valence-electron chi connectivity index (χ4n) is 9.57. The monoisotopic (exact) mass is 743 g/mol. The molecule has 0 bridgehead atoms. The van der Waals surface area contributed by atoms with Crippen molar-refractivity contribution < 1.29 is 13.6 Å². The molecule has 0 saturated heterocycles. The van der Waals surface area contributed by atoms with Gasteiger partial charge in [-0.25, -0.2) is 15.0 Å². The van der Waals surface area contributed by atoms with Gasteiger partial charge in [0.1, 0.15) is 33.8 Å². The number of nitrogens with zero attached hydrogens (tertiary/aromatic N) is 3. The molecule has 4 heterocycles. The molecule has 6 heteroatoms. The first kappa shape index (κ1) is 31.4. The summed E-state index contributed by atoms with van der Waals surface area (Å²) in [6.45, 7) is 0. The molecule has 0 radical (unpaired) electrons. The minimum Gasteiger partial charge on any atom is -0.457 e. The summed E-state index contributed by atoms with van der Waals surface area (Å²) < 4.78 is 19.3. The van der Waals surface area contributed by atoms with Gasteiger partial charge >= 0.3 is 0 Å². The Balaban J connectivity index is 1.08. The second-order valence-corrected chi connectivity index (χ2v) is 15.0. The number of ether oxygens (including phenoxy) is 1. The van der Waals surface area contributed by atoms with Crippen LogP contribution < -0.4 is 4.74 Å². The van der Waals surface area contributed by atoms with E-state index in [0.29, 0.717) is 17.5 Å². The van der Waals surface area contributed by atoms with Gasteiger partial charge in [0, 0.05) is 49.4 Å². The SMILES string of the molecule is c1ccc2c(c1)Oc1ccccc1C21c2ccccc2-c2ccc(-c3nc(-c4ccc5c(c4)oc4ccccc45)nc(-c4cccc5oc6ccccc6c45)n3)cc21. The molecule has 0 N–H and O–H groups in total. The lowest BCUT2D eigenvalue weighted by molar-refractivity contribution is 0.436. The largest absolute Gasteiger partial charge is 0.457 e. The van der Waals surface area contributed by atoms with Crippen molar-refractivity contribution in [1.29, 1.82) is 0 Å². The second kappa shape index (κ2) is 11.6. The predicted molar refractivity (Wildman–Crippen MR) is 228 cm³/mol. The zero-order valence-electron chi connectivity index (χ0n) is 30.8. The van der Waals surface area contributed by atoms with Crippen LogP contribution in [0.5, 0.6) is 11.5 Å². The third kappa shape index (κ3) is 4.23. The average molecular weight is 744 g/mol. The smallest absolute Gasteiger partial charge is 0.164 e. The van der Waals surface area contributed by atoms with Gasteiger partial charge in [-0.3, -0.25) is 0 Å². The number of para-hydroxylation sites is 4. The van der Waals surface area contributed by atoms with Crippen LogP contribution in [0.1, 0.15) is 22.3 Å². The zero-order valence-corrected chi connectivity index (χ0v) is 30.8. The maximum atomic E-state index is 6.60. The maximum Gasteiger partial charge on any atom is 0.164 e. The number of hydrogen-bond acceptors (Lipinski definition) is 6. The number of hydrogen-bond donors (Lipinski definition) is 0. The molecule has 0 fully saturated rings. The van der Waals surface area contributed by atoms with Crippen LogP contribution in [0.15, 0.2) is 185 Å². The van der Waals surface area contributed by atoms with Gasteiger partial charge in [0.2, 0.25) is 0 Å². The van der Waals surface area contributed by atoms with E-state index in [1.807, 2.05) is 66.7 Å². The fourth-order valence-corrected chi connectivity index (χ4v) is 9.57. The highest BCUT2D eigenvalue weighted by atomic mass is 16.5. The lowest BCUT2D eigenvalue weighted by Crippen LogP contribution is -2.32. The van der Waals surface area contributed by atoms with Crippen LogP contribution >= 0.6 is 0 Å². The Morgan fingerprint density at radius 2 is 0.879 bits per heavy atom. The van der Waals surface area contributed by atoms with Crippen LogP contribution in [0.25, 0.3) is 89.2 Å². The maximum absolute atomic E-state index is 6.60. The summed E-state index contributed by atoms with van der Waals surface area (Å²) in [7, 11) is 0. The lowest BCUT2D eigenvalue weighted by Gasteiger charge is -2.39. The van der Waals surface area contributed by atoms with E-state index in [0.717, 1.165) is 88.8 Å². The van der Waals surface area contributed by atoms with Gasteiger partial charge in [-0.05, 0) is 70.8 Å². The zero-order chi connectivity index (χ0) is 38.0. The fraction of sp³-hybridized carbons (Fsp3) is 0.0192. The standard InChI is InChI=1S/C52H29N3O3/c1-4-16-38-32(12-1)33-26-24-30(28-41(33)52(38)39-17-5-9-21-44(39)58-45-22-10-6-18-40(45)52)49-53-50(31-25-27-35-34-13-2-7-19-42(34)57-47(35)29-31)55-51(54-49)37-15-11-23-46-48(37)36-14-3-8-20-43(36)56-46/h1-29H. The molecule has 3 aromatic heterocycles. The van der Waals surface area contributed by atoms with E-state index < -0.39 is 5.41 Å². The molecular formula is C52H29N3O3. The van der Waals surface area contributed by atoms with Gasteiger partial charge in [0.25, 0.3) is 0 Å². The summed E-state index contributed by atoms with van der Waals surface area (Å²) in [5.41, 5.74) is 12.1. The Labute approximate surface area is 331 Å². The highest BCUT2D eigenvalue weighted by Crippen LogP contribution is 2.62. The lowest BCUT2D eigenvalue weighted by atomic mass is 9.66. The third-order valence-corrected chi connectivity index (χ3v) is 12.0. The second-order valence-electron chi connectivity index (χ2n) is 15.0. The Kier molecular flexibility index (Phi) is 6.28. The molecule has 6 nitrogen and oxygen atoms in total. The first-order valence-electron chi connectivity index (χ1n) is 19.4. The molecule has 0 unspecified atom stereocenters. The van der Waals surface area contributed by atoms with Crippen molar-refractivity contribution in [2.45, 2.75) is 5.41 Å². The highest BCUT2D eigenvalue weighted by molar-refractivity contribution is 6.12. The van der Waals surface area contributed by atoms with E-state index in [4.69, 9.17) is 28.5 Å². The molecule has 1 aliphatic carbocycles. The van der Waals surface area contributed by atoms with Crippen LogP contribution in [0.4, 0.5) is 0 Å². The Morgan fingerprint density at radius 1 is 0.345 bits per heavy atom. The van der Waals surface area contributed by atoms with E-state index in [2.05, 4.69) is 109 Å². The van der Waals surface area contributed by atoms with Gasteiger partial charge in [-0.15, -0.1) is 0 Å². The third-order valence-electron chi connectivity index (χ3n) is 12.0. The molecule has 0 saturated carbocycles. The summed E-state index contributed by atoms with van der Waals surface area (Å²) in [5.74, 6) is 3.37. The van der Waals surface area contributed by atoms with Gasteiger partial charge in [0.05, 0.1) is 5.41 Å². The van der Waals surface area contributed by atoms with Crippen LogP contribution in [0.2, 0.25) is 0 Å². The predicted octanol–water partition coefficient (Wildman–Crippen LogP) is 13.1. The first-order chi connectivity index (χ1) is 28.7. The number of furan rings is 2. The molecule has 58 heavy (non-hydrogen) atoms. The Morgan fingerprint density at radius 3 is 1.67 bits per heavy atom. The van der Waals surface area contributed by atoms with E-state index in [1.165, 1.54) is 16.7 Å². The number of fused-ring (bicyclic) bond motifs is 15. The summed E-state index contributed by atoms with van der Waals surface area (Å²) in [6.07, 6.45) is 0. The van der Waals surface area contributed by atoms with E-state index >= 15 is 0 Å². The molecule has 13 rings (SSSR count). The van der Waals surface area contributed by atoms with Crippen LogP contribution in [-0.4, -0.2) is 15.0 Å². The summed E-state index contributed by atoms with van der Waals surface area (Å²) >= 11 is 0. The van der Waals surface area contributed by atoms with Crippen molar-refractivity contribution in [2.75, 3.05) is 0 Å². The summed E-state index contributed by atoms with van der Waals surface area (Å²) in [6, 6.07) is 60.7. The first-order valence-corrected chi connectivity index (χ1v) is 19.4. The quantitative estimate of drug-likeness (QED) is 0.179. The van der Waals surface area contributed by atoms with Gasteiger partial charge in [0.15, 0.2) is 17.5 Å². The number of aromatic nitrogens is 3. The average Bonchev–Trinajstić information content (AvgIpc) is 3.94. The van der Waals surface area contributed by atoms with Gasteiger partial charge in [-0.2, -0.15) is 0 Å². The van der Waals surface area contributed by atoms with Crippen molar-refractivity contribution in [3.8, 4) is 56.8 Å². The van der Waals surface area contributed by atoms with Crippen LogP contribution in [0, 0.1) is 0 Å². The minimum atomic E-state index is -0.625. The van der Waals surface area contributed by atoms with Crippen molar-refractivity contribution in [3.63, 3.8) is 0 Å². The summed E-state index contributed by atoms with van der Waals surface area (Å²) in [5, 5.41) is 4.09. The van der Waals surface area contributed by atoms with Crippen LogP contribution in [0.3, 0.4) is 0 Å². The Hall–Kier alpha value is -7.83. The summed E-state index contributed by atoms with van der Waals surface area (Å²) in [4.78, 5) is 15.8. The van der Waals surface area contributed by atoms with Crippen molar-refractivity contribution in [2.24, 2.45) is 0 Å². The number of benzene rings is 8. The molecular weight excluding hydrogens is 715 g/mol. The topological polar surface area (TPSA) is 74.2 Å². The minimum absolute atomic E-state index is 0.549. The molecule has 1 aliphatic heterocycles. The van der Waals surface area contributed by atoms with E-state index in [1.54, 1.807) is 0 Å². The molecule has 270 valence electrons. The van der Waals surface area contributed by atoms with Crippen LogP contribution in [-0.2, 0) is 5.41 Å². The molecule has 0 atom stereocenters. The molecule has 1 spiro atoms. The van der Waals surface area contributed by atoms with E-state index in [9.17, 15) is 0 Å². The van der Waals surface area contributed by atoms with Gasteiger partial charge in [-0.1, -0.05) is 127 Å². The molecule has 11 aromatic rings. The normalized spacial score (nSPS) is 13.4. The van der Waals surface area contributed by atoms with Crippen molar-refractivity contribution >= 4 is 43.9 Å².